The van der Waals surface area contributed by atoms with Crippen molar-refractivity contribution in [2.24, 2.45) is 0 Å². The third kappa shape index (κ3) is 2.92. The monoisotopic (exact) mass is 243 g/mol. The van der Waals surface area contributed by atoms with E-state index in [9.17, 15) is 0 Å². The van der Waals surface area contributed by atoms with Crippen molar-refractivity contribution < 1.29 is 0 Å². The number of hydrogen-bond donors (Lipinski definition) is 2. The van der Waals surface area contributed by atoms with Crippen LogP contribution in [0, 0.1) is 0 Å². The Morgan fingerprint density at radius 1 is 1.17 bits per heavy atom. The average Bonchev–Trinajstić information content (AvgIpc) is 2.41. The van der Waals surface area contributed by atoms with Gasteiger partial charge in [-0.15, -0.1) is 0 Å². The summed E-state index contributed by atoms with van der Waals surface area (Å²) in [5.74, 6) is 0. The summed E-state index contributed by atoms with van der Waals surface area (Å²) in [6, 6.07) is 8.09. The van der Waals surface area contributed by atoms with Gasteiger partial charge < -0.3 is 11.1 Å². The van der Waals surface area contributed by atoms with Gasteiger partial charge in [-0.3, -0.25) is 4.98 Å². The topological polar surface area (TPSA) is 50.9 Å². The first kappa shape index (κ1) is 12.7. The van der Waals surface area contributed by atoms with E-state index in [0.29, 0.717) is 0 Å². The molecule has 0 spiro atoms. The van der Waals surface area contributed by atoms with Gasteiger partial charge in [-0.1, -0.05) is 44.4 Å². The number of fused-ring (bicyclic) bond motifs is 1. The highest BCUT2D eigenvalue weighted by molar-refractivity contribution is 5.96. The SMILES string of the molecule is CCCCCCNc1c(N)cnc2ccccc12. The van der Waals surface area contributed by atoms with E-state index >= 15 is 0 Å². The minimum atomic E-state index is 0.726. The van der Waals surface area contributed by atoms with Gasteiger partial charge in [-0.2, -0.15) is 0 Å². The molecule has 3 N–H and O–H groups in total. The molecule has 18 heavy (non-hydrogen) atoms. The van der Waals surface area contributed by atoms with E-state index in [-0.39, 0.29) is 0 Å². The van der Waals surface area contributed by atoms with Crippen LogP contribution in [0.3, 0.4) is 0 Å². The maximum absolute atomic E-state index is 6.00. The summed E-state index contributed by atoms with van der Waals surface area (Å²) in [7, 11) is 0. The fourth-order valence-corrected chi connectivity index (χ4v) is 2.12. The molecule has 0 aliphatic carbocycles. The molecular weight excluding hydrogens is 222 g/mol. The van der Waals surface area contributed by atoms with E-state index in [1.165, 1.54) is 25.7 Å². The minimum absolute atomic E-state index is 0.726. The van der Waals surface area contributed by atoms with Gasteiger partial charge in [0.25, 0.3) is 0 Å². The number of benzene rings is 1. The number of anilines is 2. The predicted octanol–water partition coefficient (Wildman–Crippen LogP) is 3.81. The van der Waals surface area contributed by atoms with Gasteiger partial charge >= 0.3 is 0 Å². The fraction of sp³-hybridized carbons (Fsp3) is 0.400. The smallest absolute Gasteiger partial charge is 0.0743 e. The fourth-order valence-electron chi connectivity index (χ4n) is 2.12. The van der Waals surface area contributed by atoms with Crippen LogP contribution < -0.4 is 11.1 Å². The largest absolute Gasteiger partial charge is 0.396 e. The minimum Gasteiger partial charge on any atom is -0.396 e. The molecule has 0 unspecified atom stereocenters. The second-order valence-electron chi connectivity index (χ2n) is 4.59. The first-order chi connectivity index (χ1) is 8.83. The summed E-state index contributed by atoms with van der Waals surface area (Å²) in [5.41, 5.74) is 8.74. The number of nitrogen functional groups attached to an aromatic ring is 1. The molecule has 2 aromatic rings. The lowest BCUT2D eigenvalue weighted by Gasteiger charge is -2.11. The van der Waals surface area contributed by atoms with E-state index < -0.39 is 0 Å². The molecule has 0 aliphatic heterocycles. The molecule has 1 aromatic carbocycles. The van der Waals surface area contributed by atoms with Gasteiger partial charge in [-0.25, -0.2) is 0 Å². The summed E-state index contributed by atoms with van der Waals surface area (Å²) in [6.07, 6.45) is 6.75. The van der Waals surface area contributed by atoms with Crippen molar-refractivity contribution in [2.75, 3.05) is 17.6 Å². The van der Waals surface area contributed by atoms with Crippen molar-refractivity contribution in [1.82, 2.24) is 4.98 Å². The van der Waals surface area contributed by atoms with Crippen LogP contribution in [0.25, 0.3) is 10.9 Å². The van der Waals surface area contributed by atoms with Crippen LogP contribution in [0.15, 0.2) is 30.5 Å². The number of rotatable bonds is 6. The molecule has 0 saturated heterocycles. The van der Waals surface area contributed by atoms with Crippen LogP contribution in [0.2, 0.25) is 0 Å². The predicted molar refractivity (Wildman–Crippen MR) is 78.8 cm³/mol. The Morgan fingerprint density at radius 2 is 2.00 bits per heavy atom. The van der Waals surface area contributed by atoms with E-state index in [2.05, 4.69) is 23.3 Å². The third-order valence-electron chi connectivity index (χ3n) is 3.14. The first-order valence-electron chi connectivity index (χ1n) is 6.70. The number of para-hydroxylation sites is 1. The molecule has 96 valence electrons. The van der Waals surface area contributed by atoms with Crippen LogP contribution in [-0.2, 0) is 0 Å². The molecule has 0 radical (unpaired) electrons. The standard InChI is InChI=1S/C15H21N3/c1-2-3-4-7-10-17-15-12-8-5-6-9-14(12)18-11-13(15)16/h5-6,8-9,11H,2-4,7,10,16H2,1H3,(H,17,18). The van der Waals surface area contributed by atoms with Gasteiger partial charge in [0.05, 0.1) is 23.1 Å². The number of nitrogens with two attached hydrogens (primary N) is 1. The average molecular weight is 243 g/mol. The maximum Gasteiger partial charge on any atom is 0.0743 e. The molecule has 1 aromatic heterocycles. The third-order valence-corrected chi connectivity index (χ3v) is 3.14. The number of nitrogens with zero attached hydrogens (tertiary/aromatic N) is 1. The summed E-state index contributed by atoms with van der Waals surface area (Å²) < 4.78 is 0. The summed E-state index contributed by atoms with van der Waals surface area (Å²) in [5, 5.41) is 4.55. The molecule has 1 heterocycles. The molecule has 2 rings (SSSR count). The lowest BCUT2D eigenvalue weighted by molar-refractivity contribution is 0.685. The van der Waals surface area contributed by atoms with Crippen molar-refractivity contribution in [3.05, 3.63) is 30.5 Å². The number of aromatic nitrogens is 1. The number of pyridine rings is 1. The zero-order chi connectivity index (χ0) is 12.8. The Balaban J connectivity index is 2.09. The highest BCUT2D eigenvalue weighted by atomic mass is 14.9. The van der Waals surface area contributed by atoms with Crippen LogP contribution in [-0.4, -0.2) is 11.5 Å². The quantitative estimate of drug-likeness (QED) is 0.758. The van der Waals surface area contributed by atoms with Gasteiger partial charge in [-0.05, 0) is 12.5 Å². The molecule has 0 bridgehead atoms. The van der Waals surface area contributed by atoms with Gasteiger partial charge in [0, 0.05) is 11.9 Å². The lowest BCUT2D eigenvalue weighted by Crippen LogP contribution is -2.05. The van der Waals surface area contributed by atoms with Crippen LogP contribution in [0.5, 0.6) is 0 Å². The van der Waals surface area contributed by atoms with E-state index in [1.807, 2.05) is 18.2 Å². The normalized spacial score (nSPS) is 10.7. The van der Waals surface area contributed by atoms with Gasteiger partial charge in [0.15, 0.2) is 0 Å². The molecule has 0 saturated carbocycles. The second kappa shape index (κ2) is 6.24. The molecule has 3 nitrogen and oxygen atoms in total. The van der Waals surface area contributed by atoms with Crippen LogP contribution in [0.1, 0.15) is 32.6 Å². The second-order valence-corrected chi connectivity index (χ2v) is 4.59. The molecule has 0 fully saturated rings. The highest BCUT2D eigenvalue weighted by Gasteiger charge is 2.05. The van der Waals surface area contributed by atoms with Crippen LogP contribution >= 0.6 is 0 Å². The molecule has 3 heteroatoms. The maximum atomic E-state index is 6.00. The van der Waals surface area contributed by atoms with Gasteiger partial charge in [0.1, 0.15) is 0 Å². The van der Waals surface area contributed by atoms with E-state index in [0.717, 1.165) is 28.8 Å². The van der Waals surface area contributed by atoms with Gasteiger partial charge in [0.2, 0.25) is 0 Å². The Morgan fingerprint density at radius 3 is 2.83 bits per heavy atom. The van der Waals surface area contributed by atoms with E-state index in [1.54, 1.807) is 6.20 Å². The van der Waals surface area contributed by atoms with Crippen molar-refractivity contribution in [1.29, 1.82) is 0 Å². The zero-order valence-corrected chi connectivity index (χ0v) is 10.9. The lowest BCUT2D eigenvalue weighted by atomic mass is 10.1. The number of nitrogens with one attached hydrogen (secondary N) is 1. The Bertz CT molecular complexity index is 508. The summed E-state index contributed by atoms with van der Waals surface area (Å²) in [6.45, 7) is 3.19. The van der Waals surface area contributed by atoms with Crippen molar-refractivity contribution >= 4 is 22.3 Å². The Kier molecular flexibility index (Phi) is 4.40. The summed E-state index contributed by atoms with van der Waals surface area (Å²) >= 11 is 0. The Hall–Kier alpha value is -1.77. The zero-order valence-electron chi connectivity index (χ0n) is 10.9. The van der Waals surface area contributed by atoms with Crippen molar-refractivity contribution in [3.63, 3.8) is 0 Å². The molecule has 0 atom stereocenters. The molecular formula is C15H21N3. The molecule has 0 amide bonds. The van der Waals surface area contributed by atoms with Crippen molar-refractivity contribution in [3.8, 4) is 0 Å². The number of unbranched alkanes of at least 4 members (excludes halogenated alkanes) is 3. The van der Waals surface area contributed by atoms with E-state index in [4.69, 9.17) is 5.73 Å². The first-order valence-corrected chi connectivity index (χ1v) is 6.70. The van der Waals surface area contributed by atoms with Crippen molar-refractivity contribution in [2.45, 2.75) is 32.6 Å². The highest BCUT2D eigenvalue weighted by Crippen LogP contribution is 2.27. The Labute approximate surface area is 108 Å². The van der Waals surface area contributed by atoms with Crippen LogP contribution in [0.4, 0.5) is 11.4 Å². The molecule has 0 aliphatic rings. The summed E-state index contributed by atoms with van der Waals surface area (Å²) in [4.78, 5) is 4.33. The number of hydrogen-bond acceptors (Lipinski definition) is 3.